The number of fused-ring (bicyclic) bond motifs is 1. The van der Waals surface area contributed by atoms with Crippen LogP contribution in [0.25, 0.3) is 22.4 Å². The third kappa shape index (κ3) is 11.1. The Bertz CT molecular complexity index is 1550. The molecule has 1 aromatic heterocycles. The number of aromatic nitrogens is 2. The molecular weight excluding hydrogens is 632 g/mol. The molecule has 0 bridgehead atoms. The fraction of sp³-hybridized carbons (Fsp3) is 0.537. The zero-order chi connectivity index (χ0) is 35.0. The van der Waals surface area contributed by atoms with E-state index in [9.17, 15) is 0 Å². The number of benzene rings is 3. The highest BCUT2D eigenvalue weighted by Gasteiger charge is 2.20. The van der Waals surface area contributed by atoms with Crippen LogP contribution in [-0.4, -0.2) is 78.4 Å². The maximum absolute atomic E-state index is 6.53. The van der Waals surface area contributed by atoms with Crippen molar-refractivity contribution in [3.63, 3.8) is 0 Å². The van der Waals surface area contributed by atoms with Crippen LogP contribution in [0.5, 0.6) is 17.2 Å². The van der Waals surface area contributed by atoms with Crippen molar-refractivity contribution in [1.29, 1.82) is 0 Å². The number of aryl methyl sites for hydroxylation is 2. The Morgan fingerprint density at radius 1 is 0.694 bits per heavy atom. The third-order valence-corrected chi connectivity index (χ3v) is 9.60. The van der Waals surface area contributed by atoms with Crippen LogP contribution in [0.4, 0.5) is 0 Å². The van der Waals surface area contributed by atoms with Crippen molar-refractivity contribution in [2.45, 2.75) is 86.6 Å². The van der Waals surface area contributed by atoms with E-state index < -0.39 is 0 Å². The molecule has 0 saturated carbocycles. The Hall–Kier alpha value is -3.26. The minimum atomic E-state index is 0.588. The molecule has 0 aliphatic rings. The van der Waals surface area contributed by atoms with Crippen molar-refractivity contribution in [3.05, 3.63) is 70.7 Å². The van der Waals surface area contributed by atoms with Gasteiger partial charge in [0.25, 0.3) is 0 Å². The molecule has 0 aliphatic heterocycles. The first-order valence-corrected chi connectivity index (χ1v) is 19.1. The molecule has 0 saturated heterocycles. The van der Waals surface area contributed by atoms with E-state index in [-0.39, 0.29) is 0 Å². The van der Waals surface area contributed by atoms with E-state index in [1.807, 2.05) is 18.2 Å². The molecule has 268 valence electrons. The maximum atomic E-state index is 6.53. The van der Waals surface area contributed by atoms with E-state index in [0.717, 1.165) is 129 Å². The Morgan fingerprint density at radius 2 is 1.35 bits per heavy atom. The average molecular weight is 691 g/mol. The highest BCUT2D eigenvalue weighted by atomic mass is 35.5. The van der Waals surface area contributed by atoms with Crippen LogP contribution in [-0.2, 0) is 19.4 Å². The minimum Gasteiger partial charge on any atom is -0.493 e. The van der Waals surface area contributed by atoms with E-state index in [1.54, 1.807) is 0 Å². The predicted molar refractivity (Wildman–Crippen MR) is 206 cm³/mol. The highest BCUT2D eigenvalue weighted by Crippen LogP contribution is 2.37. The van der Waals surface area contributed by atoms with Gasteiger partial charge in [0, 0.05) is 48.8 Å². The van der Waals surface area contributed by atoms with Gasteiger partial charge < -0.3 is 28.6 Å². The molecule has 0 amide bonds. The molecule has 0 fully saturated rings. The second-order valence-electron chi connectivity index (χ2n) is 12.6. The third-order valence-electron chi connectivity index (χ3n) is 9.35. The Balaban J connectivity index is 1.66. The predicted octanol–water partition coefficient (Wildman–Crippen LogP) is 9.56. The Kier molecular flexibility index (Phi) is 16.1. The molecule has 49 heavy (non-hydrogen) atoms. The van der Waals surface area contributed by atoms with Crippen molar-refractivity contribution in [2.75, 3.05) is 59.1 Å². The van der Waals surface area contributed by atoms with Crippen LogP contribution in [0.15, 0.2) is 54.6 Å². The number of rotatable bonds is 23. The molecule has 3 aromatic carbocycles. The second kappa shape index (κ2) is 20.4. The van der Waals surface area contributed by atoms with E-state index in [4.69, 9.17) is 30.8 Å². The Labute approximate surface area is 300 Å². The number of nitrogens with zero attached hydrogens (tertiary/aromatic N) is 4. The summed E-state index contributed by atoms with van der Waals surface area (Å²) in [7, 11) is 0. The number of hydrogen-bond acceptors (Lipinski definition) is 6. The van der Waals surface area contributed by atoms with E-state index in [1.165, 1.54) is 11.1 Å². The van der Waals surface area contributed by atoms with E-state index in [0.29, 0.717) is 19.8 Å². The van der Waals surface area contributed by atoms with Crippen molar-refractivity contribution in [1.82, 2.24) is 19.4 Å². The molecule has 0 N–H and O–H groups in total. The van der Waals surface area contributed by atoms with Gasteiger partial charge in [-0.2, -0.15) is 0 Å². The second-order valence-corrected chi connectivity index (χ2v) is 13.0. The van der Waals surface area contributed by atoms with Gasteiger partial charge in [-0.3, -0.25) is 0 Å². The van der Waals surface area contributed by atoms with E-state index >= 15 is 0 Å². The molecule has 4 rings (SSSR count). The summed E-state index contributed by atoms with van der Waals surface area (Å²) in [5.74, 6) is 3.47. The van der Waals surface area contributed by atoms with Gasteiger partial charge in [-0.05, 0) is 81.2 Å². The van der Waals surface area contributed by atoms with Gasteiger partial charge in [-0.15, -0.1) is 0 Å². The lowest BCUT2D eigenvalue weighted by Gasteiger charge is -2.18. The highest BCUT2D eigenvalue weighted by molar-refractivity contribution is 6.30. The number of imidazole rings is 1. The van der Waals surface area contributed by atoms with Crippen LogP contribution >= 0.6 is 11.6 Å². The maximum Gasteiger partial charge on any atom is 0.150 e. The lowest BCUT2D eigenvalue weighted by atomic mass is 10.1. The summed E-state index contributed by atoms with van der Waals surface area (Å²) in [5.41, 5.74) is 5.37. The first-order valence-electron chi connectivity index (χ1n) is 18.7. The van der Waals surface area contributed by atoms with Gasteiger partial charge in [0.05, 0.1) is 25.3 Å². The number of halogens is 1. The van der Waals surface area contributed by atoms with Crippen LogP contribution in [0.1, 0.15) is 78.4 Å². The van der Waals surface area contributed by atoms with Gasteiger partial charge in [-0.1, -0.05) is 83.8 Å². The molecule has 4 aromatic rings. The van der Waals surface area contributed by atoms with Gasteiger partial charge in [0.15, 0.2) is 5.75 Å². The van der Waals surface area contributed by atoms with Gasteiger partial charge in [0.2, 0.25) is 0 Å². The van der Waals surface area contributed by atoms with Gasteiger partial charge in [0.1, 0.15) is 22.8 Å². The number of unbranched alkanes of at least 4 members (excludes halogenated alkanes) is 1. The topological polar surface area (TPSA) is 52.0 Å². The standard InChI is InChI=1S/C41H59ClN4O3/c1-7-13-25-46-37-30-36(47-26-14-23-44(9-3)10-4)31-39(48-27-15-24-45(11-5)12-6)40(37)43-41(46)34-19-18-33(8-2)38(29-34)49-28-22-32-16-20-35(42)21-17-32/h16-21,29-31H,7-15,22-28H2,1-6H3. The zero-order valence-electron chi connectivity index (χ0n) is 30.9. The lowest BCUT2D eigenvalue weighted by Crippen LogP contribution is -2.25. The molecule has 0 spiro atoms. The molecule has 0 unspecified atom stereocenters. The molecule has 0 atom stereocenters. The molecule has 0 radical (unpaired) electrons. The number of ether oxygens (including phenoxy) is 3. The fourth-order valence-corrected chi connectivity index (χ4v) is 6.33. The van der Waals surface area contributed by atoms with Gasteiger partial charge >= 0.3 is 0 Å². The summed E-state index contributed by atoms with van der Waals surface area (Å²) in [4.78, 5) is 10.2. The monoisotopic (exact) mass is 690 g/mol. The van der Waals surface area contributed by atoms with Crippen molar-refractivity contribution >= 4 is 22.6 Å². The van der Waals surface area contributed by atoms with Crippen LogP contribution in [0.3, 0.4) is 0 Å². The minimum absolute atomic E-state index is 0.588. The van der Waals surface area contributed by atoms with Crippen LogP contribution in [0, 0.1) is 0 Å². The summed E-state index contributed by atoms with van der Waals surface area (Å²) in [6, 6.07) is 18.7. The van der Waals surface area contributed by atoms with E-state index in [2.05, 4.69) is 92.3 Å². The Morgan fingerprint density at radius 3 is 1.98 bits per heavy atom. The summed E-state index contributed by atoms with van der Waals surface area (Å²) in [6.45, 7) is 22.2. The summed E-state index contributed by atoms with van der Waals surface area (Å²) < 4.78 is 21.7. The first-order chi connectivity index (χ1) is 23.9. The quantitative estimate of drug-likeness (QED) is 0.0723. The summed E-state index contributed by atoms with van der Waals surface area (Å²) in [5, 5.41) is 0.749. The molecule has 0 aliphatic carbocycles. The average Bonchev–Trinajstić information content (AvgIpc) is 3.50. The normalized spacial score (nSPS) is 11.6. The number of hydrogen-bond donors (Lipinski definition) is 0. The van der Waals surface area contributed by atoms with Crippen LogP contribution < -0.4 is 14.2 Å². The molecular formula is C41H59ClN4O3. The van der Waals surface area contributed by atoms with Crippen molar-refractivity contribution in [3.8, 4) is 28.6 Å². The summed E-state index contributed by atoms with van der Waals surface area (Å²) >= 11 is 6.09. The van der Waals surface area contributed by atoms with Crippen molar-refractivity contribution in [2.24, 2.45) is 0 Å². The SMILES string of the molecule is CCCCn1c(-c2ccc(CC)c(OCCc3ccc(Cl)cc3)c2)nc2c(OCCCN(CC)CC)cc(OCCCN(CC)CC)cc21. The van der Waals surface area contributed by atoms with Crippen LogP contribution in [0.2, 0.25) is 5.02 Å². The fourth-order valence-electron chi connectivity index (χ4n) is 6.20. The smallest absolute Gasteiger partial charge is 0.150 e. The largest absolute Gasteiger partial charge is 0.493 e. The zero-order valence-corrected chi connectivity index (χ0v) is 31.7. The first kappa shape index (κ1) is 38.5. The van der Waals surface area contributed by atoms with Crippen molar-refractivity contribution < 1.29 is 14.2 Å². The molecule has 1 heterocycles. The molecule has 8 heteroatoms. The summed E-state index contributed by atoms with van der Waals surface area (Å²) in [6.07, 6.45) is 5.77. The lowest BCUT2D eigenvalue weighted by molar-refractivity contribution is 0.243. The van der Waals surface area contributed by atoms with Gasteiger partial charge in [-0.25, -0.2) is 4.98 Å². The molecule has 7 nitrogen and oxygen atoms in total.